The van der Waals surface area contributed by atoms with E-state index in [4.69, 9.17) is 0 Å². The minimum absolute atomic E-state index is 0.0334. The van der Waals surface area contributed by atoms with Crippen LogP contribution in [0.1, 0.15) is 37.0 Å². The minimum atomic E-state index is -3.76. The highest BCUT2D eigenvalue weighted by Gasteiger charge is 2.25. The SMILES string of the molecule is CC(C)(C)c1ccc(S(=O)(=O)n2c(Cc3cccs3)nc3ccccc32)cc1. The van der Waals surface area contributed by atoms with Gasteiger partial charge in [-0.3, -0.25) is 0 Å². The van der Waals surface area contributed by atoms with Crippen LogP contribution in [0.2, 0.25) is 0 Å². The fraction of sp³-hybridized carbons (Fsp3) is 0.227. The Kier molecular flexibility index (Phi) is 4.63. The first kappa shape index (κ1) is 18.9. The minimum Gasteiger partial charge on any atom is -0.232 e. The second-order valence-electron chi connectivity index (χ2n) is 7.82. The maximum Gasteiger partial charge on any atom is 0.269 e. The fourth-order valence-electron chi connectivity index (χ4n) is 3.23. The molecule has 144 valence electrons. The summed E-state index contributed by atoms with van der Waals surface area (Å²) in [5.41, 5.74) is 2.35. The normalized spacial score (nSPS) is 12.5. The van der Waals surface area contributed by atoms with E-state index in [1.54, 1.807) is 29.5 Å². The molecule has 0 saturated carbocycles. The first-order chi connectivity index (χ1) is 13.3. The third kappa shape index (κ3) is 3.38. The van der Waals surface area contributed by atoms with Crippen LogP contribution < -0.4 is 0 Å². The van der Waals surface area contributed by atoms with Crippen molar-refractivity contribution in [1.29, 1.82) is 0 Å². The van der Waals surface area contributed by atoms with Crippen molar-refractivity contribution in [3.8, 4) is 0 Å². The van der Waals surface area contributed by atoms with Crippen LogP contribution in [-0.2, 0) is 21.9 Å². The summed E-state index contributed by atoms with van der Waals surface area (Å²) < 4.78 is 28.5. The van der Waals surface area contributed by atoms with Gasteiger partial charge in [-0.1, -0.05) is 51.1 Å². The highest BCUT2D eigenvalue weighted by Crippen LogP contribution is 2.28. The molecule has 4 aromatic rings. The number of para-hydroxylation sites is 2. The van der Waals surface area contributed by atoms with Crippen LogP contribution >= 0.6 is 11.3 Å². The van der Waals surface area contributed by atoms with Gasteiger partial charge in [-0.15, -0.1) is 11.3 Å². The zero-order valence-electron chi connectivity index (χ0n) is 16.1. The van der Waals surface area contributed by atoms with Crippen LogP contribution in [0.5, 0.6) is 0 Å². The van der Waals surface area contributed by atoms with Crippen LogP contribution in [0.25, 0.3) is 11.0 Å². The van der Waals surface area contributed by atoms with Gasteiger partial charge in [0.25, 0.3) is 10.0 Å². The van der Waals surface area contributed by atoms with Crippen LogP contribution in [0.3, 0.4) is 0 Å². The summed E-state index contributed by atoms with van der Waals surface area (Å²) in [4.78, 5) is 5.98. The van der Waals surface area contributed by atoms with Crippen LogP contribution in [0, 0.1) is 0 Å². The Morgan fingerprint density at radius 3 is 2.32 bits per heavy atom. The molecule has 0 bridgehead atoms. The van der Waals surface area contributed by atoms with Crippen molar-refractivity contribution in [3.63, 3.8) is 0 Å². The lowest BCUT2D eigenvalue weighted by molar-refractivity contribution is 0.582. The Bertz CT molecular complexity index is 1210. The quantitative estimate of drug-likeness (QED) is 0.463. The van der Waals surface area contributed by atoms with Gasteiger partial charge in [0.05, 0.1) is 15.9 Å². The largest absolute Gasteiger partial charge is 0.269 e. The molecular weight excluding hydrogens is 388 g/mol. The molecule has 4 nitrogen and oxygen atoms in total. The molecule has 0 spiro atoms. The number of hydrogen-bond acceptors (Lipinski definition) is 4. The molecule has 0 amide bonds. The molecule has 0 unspecified atom stereocenters. The van der Waals surface area contributed by atoms with E-state index in [2.05, 4.69) is 25.8 Å². The molecule has 0 saturated heterocycles. The summed E-state index contributed by atoms with van der Waals surface area (Å²) in [6, 6.07) is 18.5. The number of fused-ring (bicyclic) bond motifs is 1. The lowest BCUT2D eigenvalue weighted by Crippen LogP contribution is -2.17. The molecule has 0 aliphatic carbocycles. The number of aromatic nitrogens is 2. The number of thiophene rings is 1. The van der Waals surface area contributed by atoms with Gasteiger partial charge in [0.15, 0.2) is 0 Å². The smallest absolute Gasteiger partial charge is 0.232 e. The highest BCUT2D eigenvalue weighted by atomic mass is 32.2. The Hall–Kier alpha value is -2.44. The number of nitrogens with zero attached hydrogens (tertiary/aromatic N) is 2. The van der Waals surface area contributed by atoms with E-state index in [1.807, 2.05) is 47.8 Å². The van der Waals surface area contributed by atoms with Crippen LogP contribution in [0.15, 0.2) is 70.9 Å². The van der Waals surface area contributed by atoms with Gasteiger partial charge in [0.1, 0.15) is 5.82 Å². The topological polar surface area (TPSA) is 52.0 Å². The first-order valence-corrected chi connectivity index (χ1v) is 11.4. The summed E-state index contributed by atoms with van der Waals surface area (Å²) >= 11 is 1.60. The van der Waals surface area contributed by atoms with Crippen molar-refractivity contribution in [3.05, 3.63) is 82.3 Å². The Labute approximate surface area is 169 Å². The summed E-state index contributed by atoms with van der Waals surface area (Å²) in [5, 5.41) is 1.99. The molecule has 2 aromatic heterocycles. The third-order valence-electron chi connectivity index (χ3n) is 4.76. The predicted molar refractivity (Wildman–Crippen MR) is 115 cm³/mol. The lowest BCUT2D eigenvalue weighted by atomic mass is 9.87. The average molecular weight is 411 g/mol. The summed E-state index contributed by atoms with van der Waals surface area (Å²) in [7, 11) is -3.76. The van der Waals surface area contributed by atoms with E-state index in [0.29, 0.717) is 23.3 Å². The van der Waals surface area contributed by atoms with Gasteiger partial charge in [-0.2, -0.15) is 0 Å². The third-order valence-corrected chi connectivity index (χ3v) is 7.39. The Morgan fingerprint density at radius 1 is 0.964 bits per heavy atom. The molecule has 4 rings (SSSR count). The highest BCUT2D eigenvalue weighted by molar-refractivity contribution is 7.90. The molecule has 0 aliphatic heterocycles. The lowest BCUT2D eigenvalue weighted by Gasteiger charge is -2.19. The van der Waals surface area contributed by atoms with E-state index in [1.165, 1.54) is 3.97 Å². The molecule has 28 heavy (non-hydrogen) atoms. The molecule has 0 fully saturated rings. The molecule has 2 heterocycles. The summed E-state index contributed by atoms with van der Waals surface area (Å²) in [6.45, 7) is 6.33. The van der Waals surface area contributed by atoms with Crippen molar-refractivity contribution in [2.45, 2.75) is 37.5 Å². The number of benzene rings is 2. The second-order valence-corrected chi connectivity index (χ2v) is 10.6. The predicted octanol–water partition coefficient (Wildman–Crippen LogP) is 5.22. The second kappa shape index (κ2) is 6.87. The average Bonchev–Trinajstić information content (AvgIpc) is 3.28. The van der Waals surface area contributed by atoms with Crippen molar-refractivity contribution in [2.24, 2.45) is 0 Å². The first-order valence-electron chi connectivity index (χ1n) is 9.12. The maximum atomic E-state index is 13.5. The van der Waals surface area contributed by atoms with Crippen molar-refractivity contribution in [1.82, 2.24) is 8.96 Å². The summed E-state index contributed by atoms with van der Waals surface area (Å²) in [6.07, 6.45) is 0.478. The van der Waals surface area contributed by atoms with E-state index in [-0.39, 0.29) is 10.3 Å². The number of hydrogen-bond donors (Lipinski definition) is 0. The molecule has 2 aromatic carbocycles. The monoisotopic (exact) mass is 410 g/mol. The van der Waals surface area contributed by atoms with Gasteiger partial charge >= 0.3 is 0 Å². The Morgan fingerprint density at radius 2 is 1.68 bits per heavy atom. The van der Waals surface area contributed by atoms with Crippen molar-refractivity contribution < 1.29 is 8.42 Å². The van der Waals surface area contributed by atoms with Crippen molar-refractivity contribution >= 4 is 32.4 Å². The maximum absolute atomic E-state index is 13.5. The summed E-state index contributed by atoms with van der Waals surface area (Å²) in [5.74, 6) is 0.531. The molecule has 0 N–H and O–H groups in total. The van der Waals surface area contributed by atoms with E-state index in [9.17, 15) is 8.42 Å². The molecule has 0 radical (unpaired) electrons. The zero-order valence-corrected chi connectivity index (χ0v) is 17.7. The number of imidazole rings is 1. The van der Waals surface area contributed by atoms with Gasteiger partial charge in [-0.25, -0.2) is 17.4 Å². The van der Waals surface area contributed by atoms with Gasteiger partial charge < -0.3 is 0 Å². The molecule has 6 heteroatoms. The molecular formula is C22H22N2O2S2. The van der Waals surface area contributed by atoms with Gasteiger partial charge in [-0.05, 0) is 46.7 Å². The van der Waals surface area contributed by atoms with Crippen LogP contribution in [-0.4, -0.2) is 17.4 Å². The Balaban J connectivity index is 1.87. The fourth-order valence-corrected chi connectivity index (χ4v) is 5.42. The van der Waals surface area contributed by atoms with Gasteiger partial charge in [0.2, 0.25) is 0 Å². The van der Waals surface area contributed by atoms with E-state index in [0.717, 1.165) is 10.4 Å². The zero-order chi connectivity index (χ0) is 19.9. The van der Waals surface area contributed by atoms with Crippen molar-refractivity contribution in [2.75, 3.05) is 0 Å². The molecule has 0 aliphatic rings. The van der Waals surface area contributed by atoms with Crippen LogP contribution in [0.4, 0.5) is 0 Å². The van der Waals surface area contributed by atoms with E-state index < -0.39 is 10.0 Å². The van der Waals surface area contributed by atoms with E-state index >= 15 is 0 Å². The van der Waals surface area contributed by atoms with Gasteiger partial charge in [0, 0.05) is 11.3 Å². The standard InChI is InChI=1S/C22H22N2O2S2/c1-22(2,3)16-10-12-18(13-11-16)28(25,26)24-20-9-5-4-8-19(20)23-21(24)15-17-7-6-14-27-17/h4-14H,15H2,1-3H3. The number of rotatable bonds is 4. The molecule has 0 atom stereocenters.